The number of aliphatic carboxylic acids is 1. The van der Waals surface area contributed by atoms with Crippen LogP contribution >= 0.6 is 0 Å². The molecule has 2 N–H and O–H groups in total. The molecule has 0 radical (unpaired) electrons. The second-order valence-electron chi connectivity index (χ2n) is 5.79. The van der Waals surface area contributed by atoms with Crippen LogP contribution in [0, 0.1) is 0 Å². The molecule has 6 nitrogen and oxygen atoms in total. The van der Waals surface area contributed by atoms with Gasteiger partial charge in [-0.3, -0.25) is 9.69 Å². The molecule has 1 saturated carbocycles. The average Bonchev–Trinajstić information content (AvgIpc) is 2.54. The Morgan fingerprint density at radius 3 is 2.59 bits per heavy atom. The number of carboxylic acid groups (broad SMARTS) is 1. The molecule has 120 valence electrons. The minimum atomic E-state index is -1.22. The molecule has 6 heteroatoms. The van der Waals surface area contributed by atoms with Crippen LogP contribution in [-0.2, 0) is 9.59 Å². The number of anilines is 2. The molecule has 0 saturated heterocycles. The Morgan fingerprint density at radius 2 is 2.00 bits per heavy atom. The van der Waals surface area contributed by atoms with E-state index in [0.29, 0.717) is 11.7 Å². The highest BCUT2D eigenvalue weighted by Crippen LogP contribution is 2.24. The SMILES string of the molecule is CN(c1ccc(NC(=O)CCC(=O)[O-])c[nH+]1)C1CCCCC1. The van der Waals surface area contributed by atoms with E-state index in [-0.39, 0.29) is 18.7 Å². The van der Waals surface area contributed by atoms with Crippen LogP contribution in [0.4, 0.5) is 11.5 Å². The van der Waals surface area contributed by atoms with Gasteiger partial charge in [-0.25, -0.2) is 4.98 Å². The highest BCUT2D eigenvalue weighted by molar-refractivity contribution is 5.92. The lowest BCUT2D eigenvalue weighted by Gasteiger charge is -2.26. The summed E-state index contributed by atoms with van der Waals surface area (Å²) in [6, 6.07) is 4.32. The first-order valence-corrected chi connectivity index (χ1v) is 7.80. The Kier molecular flexibility index (Phi) is 5.75. The molecule has 0 unspecified atom stereocenters. The Hall–Kier alpha value is -2.11. The third-order valence-electron chi connectivity index (χ3n) is 4.14. The van der Waals surface area contributed by atoms with Crippen LogP contribution in [0.5, 0.6) is 0 Å². The van der Waals surface area contributed by atoms with E-state index in [0.717, 1.165) is 5.82 Å². The molecule has 0 atom stereocenters. The maximum atomic E-state index is 11.6. The lowest BCUT2D eigenvalue weighted by atomic mass is 9.94. The monoisotopic (exact) mass is 305 g/mol. The maximum absolute atomic E-state index is 11.6. The molecular formula is C16H23N3O3. The number of hydrogen-bond donors (Lipinski definition) is 1. The van der Waals surface area contributed by atoms with Gasteiger partial charge in [-0.2, -0.15) is 0 Å². The van der Waals surface area contributed by atoms with Crippen molar-refractivity contribution in [1.82, 2.24) is 0 Å². The van der Waals surface area contributed by atoms with E-state index in [1.54, 1.807) is 6.20 Å². The summed E-state index contributed by atoms with van der Waals surface area (Å²) < 4.78 is 0. The molecule has 1 fully saturated rings. The zero-order valence-corrected chi connectivity index (χ0v) is 12.9. The number of nitrogens with one attached hydrogen (secondary N) is 2. The number of pyridine rings is 1. The number of aromatic nitrogens is 1. The summed E-state index contributed by atoms with van der Waals surface area (Å²) in [6.07, 6.45) is 7.70. The van der Waals surface area contributed by atoms with Gasteiger partial charge in [0.2, 0.25) is 5.91 Å². The van der Waals surface area contributed by atoms with Crippen LogP contribution in [0.15, 0.2) is 18.3 Å². The van der Waals surface area contributed by atoms with Crippen molar-refractivity contribution < 1.29 is 19.7 Å². The number of carbonyl (C=O) groups is 2. The zero-order valence-electron chi connectivity index (χ0n) is 12.9. The van der Waals surface area contributed by atoms with Gasteiger partial charge in [0, 0.05) is 18.5 Å². The van der Waals surface area contributed by atoms with Crippen molar-refractivity contribution in [2.45, 2.75) is 51.0 Å². The number of hydrogen-bond acceptors (Lipinski definition) is 4. The van der Waals surface area contributed by atoms with Crippen molar-refractivity contribution in [3.05, 3.63) is 18.3 Å². The fourth-order valence-corrected chi connectivity index (χ4v) is 2.82. The van der Waals surface area contributed by atoms with Crippen molar-refractivity contribution in [3.63, 3.8) is 0 Å². The Morgan fingerprint density at radius 1 is 1.27 bits per heavy atom. The molecule has 1 aromatic rings. The summed E-state index contributed by atoms with van der Waals surface area (Å²) in [7, 11) is 2.08. The smallest absolute Gasteiger partial charge is 0.274 e. The minimum absolute atomic E-state index is 0.0773. The zero-order chi connectivity index (χ0) is 15.9. The molecule has 0 aromatic carbocycles. The van der Waals surface area contributed by atoms with Gasteiger partial charge in [-0.15, -0.1) is 0 Å². The normalized spacial score (nSPS) is 15.3. The van der Waals surface area contributed by atoms with Crippen LogP contribution in [-0.4, -0.2) is 25.0 Å². The number of rotatable bonds is 6. The third-order valence-corrected chi connectivity index (χ3v) is 4.14. The first-order chi connectivity index (χ1) is 10.6. The second kappa shape index (κ2) is 7.77. The van der Waals surface area contributed by atoms with E-state index < -0.39 is 5.97 Å². The summed E-state index contributed by atoms with van der Waals surface area (Å²) in [6.45, 7) is 0. The molecule has 2 rings (SSSR count). The summed E-state index contributed by atoms with van der Waals surface area (Å²) in [5, 5.41) is 13.0. The van der Waals surface area contributed by atoms with Gasteiger partial charge >= 0.3 is 0 Å². The van der Waals surface area contributed by atoms with Gasteiger partial charge in [0.15, 0.2) is 0 Å². The van der Waals surface area contributed by atoms with Gasteiger partial charge in [0.1, 0.15) is 6.20 Å². The molecule has 1 aromatic heterocycles. The van der Waals surface area contributed by atoms with Gasteiger partial charge in [0.25, 0.3) is 5.82 Å². The fourth-order valence-electron chi connectivity index (χ4n) is 2.82. The minimum Gasteiger partial charge on any atom is -0.550 e. The van der Waals surface area contributed by atoms with Crippen LogP contribution in [0.25, 0.3) is 0 Å². The van der Waals surface area contributed by atoms with Crippen LogP contribution in [0.1, 0.15) is 44.9 Å². The number of carbonyl (C=O) groups excluding carboxylic acids is 2. The van der Waals surface area contributed by atoms with E-state index >= 15 is 0 Å². The molecule has 1 amide bonds. The first kappa shape index (κ1) is 16.3. The number of aromatic amines is 1. The first-order valence-electron chi connectivity index (χ1n) is 7.80. The van der Waals surface area contributed by atoms with Crippen LogP contribution in [0.3, 0.4) is 0 Å². The number of nitrogens with zero attached hydrogens (tertiary/aromatic N) is 1. The predicted molar refractivity (Wildman–Crippen MR) is 81.1 cm³/mol. The second-order valence-corrected chi connectivity index (χ2v) is 5.79. The maximum Gasteiger partial charge on any atom is 0.274 e. The average molecular weight is 305 g/mol. The van der Waals surface area contributed by atoms with E-state index in [1.165, 1.54) is 32.1 Å². The highest BCUT2D eigenvalue weighted by atomic mass is 16.4. The van der Waals surface area contributed by atoms with E-state index in [9.17, 15) is 14.7 Å². The molecule has 22 heavy (non-hydrogen) atoms. The molecule has 1 aliphatic carbocycles. The summed E-state index contributed by atoms with van der Waals surface area (Å²) in [5.74, 6) is -0.531. The van der Waals surface area contributed by atoms with Gasteiger partial charge in [-0.05, 0) is 38.2 Å². The van der Waals surface area contributed by atoms with E-state index in [1.807, 2.05) is 12.1 Å². The Labute approximate surface area is 130 Å². The highest BCUT2D eigenvalue weighted by Gasteiger charge is 2.24. The van der Waals surface area contributed by atoms with Crippen LogP contribution < -0.4 is 20.3 Å². The van der Waals surface area contributed by atoms with Crippen molar-refractivity contribution in [3.8, 4) is 0 Å². The molecular weight excluding hydrogens is 282 g/mol. The van der Waals surface area contributed by atoms with Crippen molar-refractivity contribution >= 4 is 23.4 Å². The Bertz CT molecular complexity index is 510. The van der Waals surface area contributed by atoms with Gasteiger partial charge in [0.05, 0.1) is 18.8 Å². The molecule has 0 spiro atoms. The number of amides is 1. The van der Waals surface area contributed by atoms with Crippen LogP contribution in [0.2, 0.25) is 0 Å². The molecule has 0 bridgehead atoms. The molecule has 1 heterocycles. The summed E-state index contributed by atoms with van der Waals surface area (Å²) >= 11 is 0. The fraction of sp³-hybridized carbons (Fsp3) is 0.562. The molecule has 0 aliphatic heterocycles. The third kappa shape index (κ3) is 4.72. The molecule has 1 aliphatic rings. The predicted octanol–water partition coefficient (Wildman–Crippen LogP) is 0.738. The Balaban J connectivity index is 1.89. The number of carboxylic acids is 1. The van der Waals surface area contributed by atoms with Crippen molar-refractivity contribution in [2.24, 2.45) is 0 Å². The topological polar surface area (TPSA) is 86.6 Å². The van der Waals surface area contributed by atoms with Gasteiger partial charge in [-0.1, -0.05) is 6.42 Å². The van der Waals surface area contributed by atoms with E-state index in [4.69, 9.17) is 0 Å². The quantitative estimate of drug-likeness (QED) is 0.839. The largest absolute Gasteiger partial charge is 0.550 e. The standard InChI is InChI=1S/C16H23N3O3/c1-19(13-5-3-2-4-6-13)14-8-7-12(11-17-14)18-15(20)9-10-16(21)22/h7-8,11,13H,2-6,9-10H2,1H3,(H,18,20)(H,21,22). The van der Waals surface area contributed by atoms with Crippen molar-refractivity contribution in [1.29, 1.82) is 0 Å². The summed E-state index contributed by atoms with van der Waals surface area (Å²) in [5.41, 5.74) is 0.629. The van der Waals surface area contributed by atoms with Gasteiger partial charge < -0.3 is 15.2 Å². The number of H-pyrrole nitrogens is 1. The summed E-state index contributed by atoms with van der Waals surface area (Å²) in [4.78, 5) is 27.3. The lowest BCUT2D eigenvalue weighted by Crippen LogP contribution is -2.36. The van der Waals surface area contributed by atoms with Crippen molar-refractivity contribution in [2.75, 3.05) is 17.3 Å². The lowest BCUT2D eigenvalue weighted by molar-refractivity contribution is -0.363. The van der Waals surface area contributed by atoms with E-state index in [2.05, 4.69) is 22.2 Å².